The summed E-state index contributed by atoms with van der Waals surface area (Å²) in [5.74, 6) is 0.593. The predicted octanol–water partition coefficient (Wildman–Crippen LogP) is 2.07. The fourth-order valence-electron chi connectivity index (χ4n) is 3.73. The summed E-state index contributed by atoms with van der Waals surface area (Å²) in [6.45, 7) is 3.90. The monoisotopic (exact) mass is 247 g/mol. The van der Waals surface area contributed by atoms with E-state index in [1.807, 2.05) is 6.20 Å². The van der Waals surface area contributed by atoms with Crippen LogP contribution in [0.2, 0.25) is 0 Å². The molecule has 2 aliphatic rings. The van der Waals surface area contributed by atoms with Crippen LogP contribution in [-0.2, 0) is 11.3 Å². The summed E-state index contributed by atoms with van der Waals surface area (Å²) in [4.78, 5) is 12.2. The molecule has 2 fully saturated rings. The number of nitrogens with zero attached hydrogens (tertiary/aromatic N) is 2. The molecular weight excluding hydrogens is 226 g/mol. The van der Waals surface area contributed by atoms with Gasteiger partial charge in [-0.2, -0.15) is 5.10 Å². The van der Waals surface area contributed by atoms with Crippen molar-refractivity contribution >= 4 is 5.91 Å². The molecule has 0 unspecified atom stereocenters. The molecule has 98 valence electrons. The Morgan fingerprint density at radius 1 is 1.50 bits per heavy atom. The van der Waals surface area contributed by atoms with Crippen molar-refractivity contribution in [3.63, 3.8) is 0 Å². The van der Waals surface area contributed by atoms with Gasteiger partial charge in [0.25, 0.3) is 0 Å². The molecule has 1 aromatic rings. The summed E-state index contributed by atoms with van der Waals surface area (Å²) >= 11 is 0. The Kier molecular flexibility index (Phi) is 2.88. The fraction of sp³-hybridized carbons (Fsp3) is 0.714. The quantitative estimate of drug-likeness (QED) is 0.888. The zero-order chi connectivity index (χ0) is 12.6. The van der Waals surface area contributed by atoms with Crippen LogP contribution in [0, 0.1) is 5.41 Å². The van der Waals surface area contributed by atoms with Gasteiger partial charge in [0.1, 0.15) is 0 Å². The average molecular weight is 247 g/mol. The molecule has 1 amide bonds. The maximum Gasteiger partial charge on any atom is 0.226 e. The first-order valence-corrected chi connectivity index (χ1v) is 7.08. The molecule has 1 N–H and O–H groups in total. The summed E-state index contributed by atoms with van der Waals surface area (Å²) in [6.07, 6.45) is 7.41. The van der Waals surface area contributed by atoms with Crippen LogP contribution >= 0.6 is 0 Å². The maximum atomic E-state index is 12.2. The lowest BCUT2D eigenvalue weighted by Crippen LogP contribution is -2.32. The second kappa shape index (κ2) is 4.41. The molecule has 1 saturated carbocycles. The van der Waals surface area contributed by atoms with Gasteiger partial charge in [-0.25, -0.2) is 0 Å². The lowest BCUT2D eigenvalue weighted by Gasteiger charge is -2.28. The molecule has 4 heteroatoms. The summed E-state index contributed by atoms with van der Waals surface area (Å²) in [5.41, 5.74) is 1.11. The highest BCUT2D eigenvalue weighted by Gasteiger charge is 2.52. The Morgan fingerprint density at radius 3 is 3.00 bits per heavy atom. The van der Waals surface area contributed by atoms with Crippen LogP contribution in [0.4, 0.5) is 0 Å². The lowest BCUT2D eigenvalue weighted by atomic mass is 9.74. The van der Waals surface area contributed by atoms with E-state index in [1.54, 1.807) is 0 Å². The summed E-state index contributed by atoms with van der Waals surface area (Å²) in [5, 5.41) is 7.49. The van der Waals surface area contributed by atoms with E-state index in [4.69, 9.17) is 0 Å². The van der Waals surface area contributed by atoms with Crippen LogP contribution in [0.3, 0.4) is 0 Å². The van der Waals surface area contributed by atoms with Gasteiger partial charge in [-0.3, -0.25) is 9.48 Å². The normalized spacial score (nSPS) is 25.8. The highest BCUT2D eigenvalue weighted by atomic mass is 16.2. The smallest absolute Gasteiger partial charge is 0.226 e. The lowest BCUT2D eigenvalue weighted by molar-refractivity contribution is -0.127. The molecule has 1 aliphatic heterocycles. The van der Waals surface area contributed by atoms with Gasteiger partial charge in [-0.15, -0.1) is 0 Å². The zero-order valence-corrected chi connectivity index (χ0v) is 11.0. The number of amides is 1. The molecule has 0 radical (unpaired) electrons. The number of aromatic nitrogens is 2. The molecule has 4 nitrogen and oxygen atoms in total. The Bertz CT molecular complexity index is 446. The van der Waals surface area contributed by atoms with Crippen molar-refractivity contribution in [3.05, 3.63) is 18.0 Å². The third-order valence-electron chi connectivity index (χ3n) is 4.62. The van der Waals surface area contributed by atoms with E-state index in [9.17, 15) is 4.79 Å². The van der Waals surface area contributed by atoms with Crippen molar-refractivity contribution in [1.29, 1.82) is 0 Å². The Morgan fingerprint density at radius 2 is 2.28 bits per heavy atom. The van der Waals surface area contributed by atoms with E-state index in [0.717, 1.165) is 32.4 Å². The molecule has 1 atom stereocenters. The SMILES string of the molecule is CCCn1nccc1[C@@H]1CNC(=O)C12CCCC2. The van der Waals surface area contributed by atoms with Crippen molar-refractivity contribution in [2.45, 2.75) is 51.5 Å². The molecular formula is C14H21N3O. The van der Waals surface area contributed by atoms with E-state index < -0.39 is 0 Å². The Balaban J connectivity index is 1.95. The van der Waals surface area contributed by atoms with E-state index in [-0.39, 0.29) is 11.3 Å². The molecule has 3 rings (SSSR count). The van der Waals surface area contributed by atoms with Crippen LogP contribution in [0.1, 0.15) is 50.6 Å². The van der Waals surface area contributed by atoms with Gasteiger partial charge in [-0.1, -0.05) is 19.8 Å². The molecule has 1 saturated heterocycles. The van der Waals surface area contributed by atoms with Gasteiger partial charge in [0.2, 0.25) is 5.91 Å². The molecule has 2 heterocycles. The van der Waals surface area contributed by atoms with Gasteiger partial charge < -0.3 is 5.32 Å². The second-order valence-corrected chi connectivity index (χ2v) is 5.61. The summed E-state index contributed by atoms with van der Waals surface area (Å²) in [6, 6.07) is 2.10. The van der Waals surface area contributed by atoms with Crippen LogP contribution in [0.5, 0.6) is 0 Å². The van der Waals surface area contributed by atoms with E-state index >= 15 is 0 Å². The average Bonchev–Trinajstić information content (AvgIpc) is 3.05. The van der Waals surface area contributed by atoms with Crippen LogP contribution < -0.4 is 5.32 Å². The Hall–Kier alpha value is -1.32. The van der Waals surface area contributed by atoms with Crippen molar-refractivity contribution in [2.24, 2.45) is 5.41 Å². The number of rotatable bonds is 3. The van der Waals surface area contributed by atoms with Gasteiger partial charge >= 0.3 is 0 Å². The molecule has 0 bridgehead atoms. The van der Waals surface area contributed by atoms with Crippen molar-refractivity contribution < 1.29 is 4.79 Å². The number of carbonyl (C=O) groups is 1. The van der Waals surface area contributed by atoms with Gasteiger partial charge in [0.15, 0.2) is 0 Å². The maximum absolute atomic E-state index is 12.2. The second-order valence-electron chi connectivity index (χ2n) is 5.61. The first-order valence-electron chi connectivity index (χ1n) is 7.08. The fourth-order valence-corrected chi connectivity index (χ4v) is 3.73. The number of carbonyl (C=O) groups excluding carboxylic acids is 1. The Labute approximate surface area is 108 Å². The molecule has 1 spiro atoms. The minimum atomic E-state index is -0.133. The predicted molar refractivity (Wildman–Crippen MR) is 69.2 cm³/mol. The van der Waals surface area contributed by atoms with Gasteiger partial charge in [-0.05, 0) is 25.3 Å². The van der Waals surface area contributed by atoms with Crippen molar-refractivity contribution in [3.8, 4) is 0 Å². The van der Waals surface area contributed by atoms with Crippen molar-refractivity contribution in [1.82, 2.24) is 15.1 Å². The summed E-state index contributed by atoms with van der Waals surface area (Å²) in [7, 11) is 0. The standard InChI is InChI=1S/C14H21N3O/c1-2-9-17-12(5-8-16-17)11-10-15-13(18)14(11)6-3-4-7-14/h5,8,11H,2-4,6-7,9-10H2,1H3,(H,15,18)/t11-/m0/s1. The number of aryl methyl sites for hydroxylation is 1. The van der Waals surface area contributed by atoms with Crippen LogP contribution in [0.15, 0.2) is 12.3 Å². The summed E-state index contributed by atoms with van der Waals surface area (Å²) < 4.78 is 2.09. The minimum absolute atomic E-state index is 0.133. The van der Waals surface area contributed by atoms with Crippen LogP contribution in [-0.4, -0.2) is 22.2 Å². The third-order valence-corrected chi connectivity index (χ3v) is 4.62. The zero-order valence-electron chi connectivity index (χ0n) is 11.0. The number of hydrogen-bond acceptors (Lipinski definition) is 2. The topological polar surface area (TPSA) is 46.9 Å². The largest absolute Gasteiger partial charge is 0.355 e. The minimum Gasteiger partial charge on any atom is -0.355 e. The third kappa shape index (κ3) is 1.58. The van der Waals surface area contributed by atoms with Crippen LogP contribution in [0.25, 0.3) is 0 Å². The van der Waals surface area contributed by atoms with Gasteiger partial charge in [0, 0.05) is 30.9 Å². The van der Waals surface area contributed by atoms with E-state index in [0.29, 0.717) is 5.92 Å². The molecule has 1 aliphatic carbocycles. The van der Waals surface area contributed by atoms with E-state index in [2.05, 4.69) is 28.1 Å². The number of nitrogens with one attached hydrogen (secondary N) is 1. The molecule has 18 heavy (non-hydrogen) atoms. The highest BCUT2D eigenvalue weighted by Crippen LogP contribution is 2.51. The molecule has 0 aromatic carbocycles. The van der Waals surface area contributed by atoms with Crippen molar-refractivity contribution in [2.75, 3.05) is 6.54 Å². The first kappa shape index (κ1) is 11.8. The number of hydrogen-bond donors (Lipinski definition) is 1. The molecule has 1 aromatic heterocycles. The highest BCUT2D eigenvalue weighted by molar-refractivity contribution is 5.86. The first-order chi connectivity index (χ1) is 8.78. The van der Waals surface area contributed by atoms with Gasteiger partial charge in [0.05, 0.1) is 5.41 Å². The van der Waals surface area contributed by atoms with E-state index in [1.165, 1.54) is 18.5 Å².